The number of rotatable bonds is 4. The van der Waals surface area contributed by atoms with Gasteiger partial charge in [-0.3, -0.25) is 0 Å². The van der Waals surface area contributed by atoms with Crippen LogP contribution in [0.4, 0.5) is 0 Å². The average Bonchev–Trinajstić information content (AvgIpc) is 2.56. The first-order chi connectivity index (χ1) is 6.53. The normalized spacial score (nSPS) is 14.3. The van der Waals surface area contributed by atoms with Crippen LogP contribution in [0.3, 0.4) is 0 Å². The van der Waals surface area contributed by atoms with Crippen molar-refractivity contribution in [1.82, 2.24) is 5.32 Å². The molecule has 0 aromatic carbocycles. The van der Waals surface area contributed by atoms with Gasteiger partial charge in [-0.05, 0) is 29.4 Å². The van der Waals surface area contributed by atoms with E-state index in [1.807, 2.05) is 18.8 Å². The zero-order valence-electron chi connectivity index (χ0n) is 9.33. The maximum Gasteiger partial charge on any atom is 0.0417 e. The summed E-state index contributed by atoms with van der Waals surface area (Å²) in [5.74, 6) is 1.14. The van der Waals surface area contributed by atoms with E-state index >= 15 is 0 Å². The van der Waals surface area contributed by atoms with Crippen molar-refractivity contribution in [2.24, 2.45) is 0 Å². The Kier molecular flexibility index (Phi) is 4.48. The predicted molar refractivity (Wildman–Crippen MR) is 68.3 cm³/mol. The summed E-state index contributed by atoms with van der Waals surface area (Å²) >= 11 is 3.77. The molecule has 0 amide bonds. The van der Waals surface area contributed by atoms with Gasteiger partial charge in [-0.15, -0.1) is 0 Å². The van der Waals surface area contributed by atoms with Crippen LogP contribution in [0.2, 0.25) is 0 Å². The molecule has 1 aromatic rings. The van der Waals surface area contributed by atoms with E-state index in [-0.39, 0.29) is 0 Å². The van der Waals surface area contributed by atoms with Crippen LogP contribution >= 0.6 is 23.1 Å². The van der Waals surface area contributed by atoms with Gasteiger partial charge in [0.1, 0.15) is 0 Å². The summed E-state index contributed by atoms with van der Waals surface area (Å²) in [4.78, 5) is 0. The molecular weight excluding hydrogens is 210 g/mol. The van der Waals surface area contributed by atoms with Crippen LogP contribution in [0.5, 0.6) is 0 Å². The SMILES string of the molecule is CNC(CSC(C)(C)C)c1ccsc1. The maximum atomic E-state index is 3.36. The minimum absolute atomic E-state index is 0.352. The molecule has 0 radical (unpaired) electrons. The van der Waals surface area contributed by atoms with Crippen LogP contribution in [0.15, 0.2) is 16.8 Å². The van der Waals surface area contributed by atoms with Crippen LogP contribution in [0.25, 0.3) is 0 Å². The first-order valence-corrected chi connectivity index (χ1v) is 6.79. The highest BCUT2D eigenvalue weighted by molar-refractivity contribution is 8.00. The third-order valence-electron chi connectivity index (χ3n) is 1.98. The number of hydrogen-bond donors (Lipinski definition) is 1. The van der Waals surface area contributed by atoms with Gasteiger partial charge in [0.15, 0.2) is 0 Å². The van der Waals surface area contributed by atoms with Crippen LogP contribution in [-0.4, -0.2) is 17.5 Å². The second-order valence-corrected chi connectivity index (χ2v) is 6.95. The second kappa shape index (κ2) is 5.19. The summed E-state index contributed by atoms with van der Waals surface area (Å²) in [5, 5.41) is 7.73. The molecule has 0 saturated heterocycles. The van der Waals surface area contributed by atoms with Crippen molar-refractivity contribution in [2.45, 2.75) is 31.6 Å². The molecule has 1 N–H and O–H groups in total. The Bertz CT molecular complexity index is 249. The van der Waals surface area contributed by atoms with E-state index in [4.69, 9.17) is 0 Å². The van der Waals surface area contributed by atoms with Crippen molar-refractivity contribution in [3.8, 4) is 0 Å². The zero-order chi connectivity index (χ0) is 10.6. The fourth-order valence-electron chi connectivity index (χ4n) is 1.15. The standard InChI is InChI=1S/C11H19NS2/c1-11(2,3)14-8-10(12-4)9-5-6-13-7-9/h5-7,10,12H,8H2,1-4H3. The molecular formula is C11H19NS2. The van der Waals surface area contributed by atoms with Gasteiger partial charge in [-0.1, -0.05) is 20.8 Å². The van der Waals surface area contributed by atoms with E-state index in [1.54, 1.807) is 11.3 Å². The van der Waals surface area contributed by atoms with Gasteiger partial charge >= 0.3 is 0 Å². The van der Waals surface area contributed by atoms with Gasteiger partial charge < -0.3 is 5.32 Å². The molecule has 0 spiro atoms. The van der Waals surface area contributed by atoms with Gasteiger partial charge in [0, 0.05) is 16.5 Å². The van der Waals surface area contributed by atoms with Crippen LogP contribution in [0, 0.1) is 0 Å². The topological polar surface area (TPSA) is 12.0 Å². The summed E-state index contributed by atoms with van der Waals surface area (Å²) in [5.41, 5.74) is 1.41. The Morgan fingerprint density at radius 2 is 2.21 bits per heavy atom. The second-order valence-electron chi connectivity index (χ2n) is 4.32. The summed E-state index contributed by atoms with van der Waals surface area (Å²) < 4.78 is 0.352. The molecule has 0 aliphatic heterocycles. The largest absolute Gasteiger partial charge is 0.312 e. The Hall–Kier alpha value is 0.01000. The molecule has 0 saturated carbocycles. The van der Waals surface area contributed by atoms with E-state index in [9.17, 15) is 0 Å². The first kappa shape index (κ1) is 12.1. The monoisotopic (exact) mass is 229 g/mol. The molecule has 80 valence electrons. The Balaban J connectivity index is 2.49. The highest BCUT2D eigenvalue weighted by Gasteiger charge is 2.15. The Morgan fingerprint density at radius 1 is 1.50 bits per heavy atom. The van der Waals surface area contributed by atoms with Gasteiger partial charge in [0.25, 0.3) is 0 Å². The number of thioether (sulfide) groups is 1. The molecule has 1 nitrogen and oxygen atoms in total. The van der Waals surface area contributed by atoms with Crippen LogP contribution < -0.4 is 5.32 Å². The molecule has 3 heteroatoms. The van der Waals surface area contributed by atoms with Crippen LogP contribution in [0.1, 0.15) is 32.4 Å². The lowest BCUT2D eigenvalue weighted by Gasteiger charge is -2.22. The van der Waals surface area contributed by atoms with Gasteiger partial charge in [-0.2, -0.15) is 23.1 Å². The fraction of sp³-hybridized carbons (Fsp3) is 0.636. The molecule has 1 atom stereocenters. The van der Waals surface area contributed by atoms with E-state index < -0.39 is 0 Å². The fourth-order valence-corrected chi connectivity index (χ4v) is 2.89. The Labute approximate surface area is 95.3 Å². The van der Waals surface area contributed by atoms with Crippen molar-refractivity contribution in [2.75, 3.05) is 12.8 Å². The highest BCUT2D eigenvalue weighted by atomic mass is 32.2. The number of hydrogen-bond acceptors (Lipinski definition) is 3. The smallest absolute Gasteiger partial charge is 0.0417 e. The zero-order valence-corrected chi connectivity index (χ0v) is 11.0. The lowest BCUT2D eigenvalue weighted by molar-refractivity contribution is 0.659. The summed E-state index contributed by atoms with van der Waals surface area (Å²) in [6, 6.07) is 2.69. The van der Waals surface area contributed by atoms with E-state index in [0.717, 1.165) is 5.75 Å². The lowest BCUT2D eigenvalue weighted by Crippen LogP contribution is -2.21. The molecule has 1 aromatic heterocycles. The lowest BCUT2D eigenvalue weighted by atomic mass is 10.2. The van der Waals surface area contributed by atoms with E-state index in [0.29, 0.717) is 10.8 Å². The molecule has 0 aliphatic rings. The van der Waals surface area contributed by atoms with Crippen LogP contribution in [-0.2, 0) is 0 Å². The minimum atomic E-state index is 0.352. The first-order valence-electron chi connectivity index (χ1n) is 4.86. The minimum Gasteiger partial charge on any atom is -0.312 e. The summed E-state index contributed by atoms with van der Waals surface area (Å²) in [6.45, 7) is 6.79. The molecule has 14 heavy (non-hydrogen) atoms. The molecule has 0 aliphatic carbocycles. The molecule has 0 fully saturated rings. The molecule has 1 heterocycles. The van der Waals surface area contributed by atoms with Crippen molar-refractivity contribution in [3.05, 3.63) is 22.4 Å². The van der Waals surface area contributed by atoms with E-state index in [1.165, 1.54) is 5.56 Å². The van der Waals surface area contributed by atoms with Gasteiger partial charge in [-0.25, -0.2) is 0 Å². The number of nitrogens with one attached hydrogen (secondary N) is 1. The molecule has 1 unspecified atom stereocenters. The third kappa shape index (κ3) is 4.03. The summed E-state index contributed by atoms with van der Waals surface area (Å²) in [7, 11) is 2.03. The Morgan fingerprint density at radius 3 is 2.64 bits per heavy atom. The predicted octanol–water partition coefficient (Wildman–Crippen LogP) is 3.54. The average molecular weight is 229 g/mol. The third-order valence-corrected chi connectivity index (χ3v) is 4.04. The van der Waals surface area contributed by atoms with Crippen molar-refractivity contribution >= 4 is 23.1 Å². The molecule has 1 rings (SSSR count). The van der Waals surface area contributed by atoms with E-state index in [2.05, 4.69) is 42.9 Å². The quantitative estimate of drug-likeness (QED) is 0.847. The number of thiophene rings is 1. The van der Waals surface area contributed by atoms with Crippen molar-refractivity contribution in [3.63, 3.8) is 0 Å². The molecule has 0 bridgehead atoms. The maximum absolute atomic E-state index is 3.36. The summed E-state index contributed by atoms with van der Waals surface area (Å²) in [6.07, 6.45) is 0. The highest BCUT2D eigenvalue weighted by Crippen LogP contribution is 2.28. The van der Waals surface area contributed by atoms with Gasteiger partial charge in [0.2, 0.25) is 0 Å². The van der Waals surface area contributed by atoms with Crippen molar-refractivity contribution in [1.29, 1.82) is 0 Å². The van der Waals surface area contributed by atoms with Gasteiger partial charge in [0.05, 0.1) is 0 Å². The van der Waals surface area contributed by atoms with Crippen molar-refractivity contribution < 1.29 is 0 Å².